The first-order chi connectivity index (χ1) is 9.33. The standard InChI is InChI=1S/C15H20ClNO2/c16-14-5-1-3-11(9-17-12-6-7-12)15(14)19-10-13-4-2-8-18-13/h1,3,5,12-13,17H,2,4,6-10H2. The molecule has 19 heavy (non-hydrogen) atoms. The number of nitrogens with one attached hydrogen (secondary N) is 1. The molecule has 4 heteroatoms. The van der Waals surface area contributed by atoms with Crippen LogP contribution in [0.2, 0.25) is 5.02 Å². The van der Waals surface area contributed by atoms with E-state index < -0.39 is 0 Å². The molecule has 2 fully saturated rings. The van der Waals surface area contributed by atoms with Crippen molar-refractivity contribution >= 4 is 11.6 Å². The van der Waals surface area contributed by atoms with Crippen LogP contribution in [0.1, 0.15) is 31.2 Å². The molecule has 1 aliphatic heterocycles. The van der Waals surface area contributed by atoms with Gasteiger partial charge in [-0.05, 0) is 31.7 Å². The average molecular weight is 282 g/mol. The minimum absolute atomic E-state index is 0.223. The molecule has 1 unspecified atom stereocenters. The first-order valence-electron chi connectivity index (χ1n) is 7.08. The fourth-order valence-corrected chi connectivity index (χ4v) is 2.60. The summed E-state index contributed by atoms with van der Waals surface area (Å²) in [5, 5.41) is 4.19. The van der Waals surface area contributed by atoms with Crippen molar-refractivity contribution in [2.24, 2.45) is 0 Å². The van der Waals surface area contributed by atoms with Crippen molar-refractivity contribution < 1.29 is 9.47 Å². The van der Waals surface area contributed by atoms with Crippen molar-refractivity contribution in [3.05, 3.63) is 28.8 Å². The molecule has 1 saturated heterocycles. The van der Waals surface area contributed by atoms with Crippen molar-refractivity contribution in [2.45, 2.75) is 44.4 Å². The van der Waals surface area contributed by atoms with Gasteiger partial charge in [0.15, 0.2) is 0 Å². The van der Waals surface area contributed by atoms with E-state index >= 15 is 0 Å². The van der Waals surface area contributed by atoms with E-state index in [1.807, 2.05) is 12.1 Å². The average Bonchev–Trinajstić information content (AvgIpc) is 3.10. The van der Waals surface area contributed by atoms with Crippen molar-refractivity contribution in [3.8, 4) is 5.75 Å². The molecule has 1 saturated carbocycles. The van der Waals surface area contributed by atoms with Crippen molar-refractivity contribution in [3.63, 3.8) is 0 Å². The van der Waals surface area contributed by atoms with Crippen LogP contribution in [0.4, 0.5) is 0 Å². The van der Waals surface area contributed by atoms with Crippen molar-refractivity contribution in [1.29, 1.82) is 0 Å². The molecule has 1 aromatic carbocycles. The first-order valence-corrected chi connectivity index (χ1v) is 7.46. The lowest BCUT2D eigenvalue weighted by molar-refractivity contribution is 0.0676. The molecule has 1 N–H and O–H groups in total. The van der Waals surface area contributed by atoms with Crippen LogP contribution in [0, 0.1) is 0 Å². The summed E-state index contributed by atoms with van der Waals surface area (Å²) in [6.07, 6.45) is 5.01. The molecule has 0 amide bonds. The van der Waals surface area contributed by atoms with Gasteiger partial charge in [0.05, 0.1) is 11.1 Å². The van der Waals surface area contributed by atoms with Gasteiger partial charge < -0.3 is 14.8 Å². The van der Waals surface area contributed by atoms with Gasteiger partial charge in [-0.15, -0.1) is 0 Å². The Morgan fingerprint density at radius 2 is 2.21 bits per heavy atom. The maximum absolute atomic E-state index is 6.25. The quantitative estimate of drug-likeness (QED) is 0.869. The summed E-state index contributed by atoms with van der Waals surface area (Å²) in [7, 11) is 0. The third kappa shape index (κ3) is 3.62. The van der Waals surface area contributed by atoms with E-state index in [4.69, 9.17) is 21.1 Å². The molecule has 1 aromatic rings. The van der Waals surface area contributed by atoms with Gasteiger partial charge >= 0.3 is 0 Å². The Labute approximate surface area is 119 Å². The van der Waals surface area contributed by atoms with Crippen LogP contribution in [-0.2, 0) is 11.3 Å². The number of rotatable bonds is 6. The second-order valence-electron chi connectivity index (χ2n) is 5.33. The number of halogens is 1. The molecule has 1 aliphatic carbocycles. The topological polar surface area (TPSA) is 30.5 Å². The zero-order valence-corrected chi connectivity index (χ0v) is 11.8. The Morgan fingerprint density at radius 3 is 2.95 bits per heavy atom. The fraction of sp³-hybridized carbons (Fsp3) is 0.600. The lowest BCUT2D eigenvalue weighted by Gasteiger charge is -2.16. The van der Waals surface area contributed by atoms with Crippen LogP contribution in [0.25, 0.3) is 0 Å². The second kappa shape index (κ2) is 6.12. The Balaban J connectivity index is 1.62. The monoisotopic (exact) mass is 281 g/mol. The Morgan fingerprint density at radius 1 is 1.32 bits per heavy atom. The zero-order valence-electron chi connectivity index (χ0n) is 11.0. The minimum atomic E-state index is 0.223. The van der Waals surface area contributed by atoms with Crippen LogP contribution in [0.3, 0.4) is 0 Å². The summed E-state index contributed by atoms with van der Waals surface area (Å²) >= 11 is 6.25. The van der Waals surface area contributed by atoms with Crippen LogP contribution < -0.4 is 10.1 Å². The van der Waals surface area contributed by atoms with Gasteiger partial charge in [-0.3, -0.25) is 0 Å². The van der Waals surface area contributed by atoms with Crippen LogP contribution in [-0.4, -0.2) is 25.4 Å². The third-order valence-electron chi connectivity index (χ3n) is 3.64. The minimum Gasteiger partial charge on any atom is -0.489 e. The predicted molar refractivity (Wildman–Crippen MR) is 75.8 cm³/mol. The van der Waals surface area contributed by atoms with Gasteiger partial charge in [0.1, 0.15) is 12.4 Å². The van der Waals surface area contributed by atoms with E-state index in [0.29, 0.717) is 17.7 Å². The lowest BCUT2D eigenvalue weighted by Crippen LogP contribution is -2.19. The zero-order chi connectivity index (χ0) is 13.1. The fourth-order valence-electron chi connectivity index (χ4n) is 2.35. The highest BCUT2D eigenvalue weighted by Crippen LogP contribution is 2.30. The first kappa shape index (κ1) is 13.2. The maximum atomic E-state index is 6.25. The molecular weight excluding hydrogens is 262 g/mol. The summed E-state index contributed by atoms with van der Waals surface area (Å²) in [6, 6.07) is 6.62. The van der Waals surface area contributed by atoms with Gasteiger partial charge in [-0.1, -0.05) is 23.7 Å². The summed E-state index contributed by atoms with van der Waals surface area (Å²) < 4.78 is 11.5. The maximum Gasteiger partial charge on any atom is 0.142 e. The summed E-state index contributed by atoms with van der Waals surface area (Å²) in [6.45, 7) is 2.28. The molecule has 0 radical (unpaired) electrons. The van der Waals surface area contributed by atoms with Crippen molar-refractivity contribution in [2.75, 3.05) is 13.2 Å². The van der Waals surface area contributed by atoms with E-state index in [1.54, 1.807) is 0 Å². The number of ether oxygens (including phenoxy) is 2. The Kier molecular flexibility index (Phi) is 4.26. The van der Waals surface area contributed by atoms with E-state index in [9.17, 15) is 0 Å². The van der Waals surface area contributed by atoms with E-state index in [2.05, 4.69) is 11.4 Å². The van der Waals surface area contributed by atoms with E-state index in [0.717, 1.165) is 37.3 Å². The molecule has 0 spiro atoms. The number of hydrogen-bond acceptors (Lipinski definition) is 3. The number of hydrogen-bond donors (Lipinski definition) is 1. The molecule has 1 atom stereocenters. The number of para-hydroxylation sites is 1. The smallest absolute Gasteiger partial charge is 0.142 e. The van der Waals surface area contributed by atoms with Gasteiger partial charge in [-0.25, -0.2) is 0 Å². The normalized spacial score (nSPS) is 22.7. The van der Waals surface area contributed by atoms with Crippen LogP contribution in [0.5, 0.6) is 5.75 Å². The Hall–Kier alpha value is -0.770. The molecule has 2 aliphatic rings. The van der Waals surface area contributed by atoms with Crippen LogP contribution >= 0.6 is 11.6 Å². The summed E-state index contributed by atoms with van der Waals surface area (Å²) in [5.41, 5.74) is 1.14. The van der Waals surface area contributed by atoms with E-state index in [-0.39, 0.29) is 6.10 Å². The SMILES string of the molecule is Clc1cccc(CNC2CC2)c1OCC1CCCO1. The van der Waals surface area contributed by atoms with Gasteiger partial charge in [-0.2, -0.15) is 0 Å². The lowest BCUT2D eigenvalue weighted by atomic mass is 10.2. The molecule has 0 aromatic heterocycles. The molecule has 104 valence electrons. The number of benzene rings is 1. The summed E-state index contributed by atoms with van der Waals surface area (Å²) in [5.74, 6) is 0.813. The molecule has 3 nitrogen and oxygen atoms in total. The Bertz CT molecular complexity index is 428. The van der Waals surface area contributed by atoms with Gasteiger partial charge in [0, 0.05) is 24.8 Å². The van der Waals surface area contributed by atoms with Gasteiger partial charge in [0.25, 0.3) is 0 Å². The van der Waals surface area contributed by atoms with Crippen molar-refractivity contribution in [1.82, 2.24) is 5.32 Å². The largest absolute Gasteiger partial charge is 0.489 e. The van der Waals surface area contributed by atoms with Crippen LogP contribution in [0.15, 0.2) is 18.2 Å². The highest BCUT2D eigenvalue weighted by atomic mass is 35.5. The third-order valence-corrected chi connectivity index (χ3v) is 3.94. The summed E-state index contributed by atoms with van der Waals surface area (Å²) in [4.78, 5) is 0. The molecule has 3 rings (SSSR count). The predicted octanol–water partition coefficient (Wildman–Crippen LogP) is 3.15. The second-order valence-corrected chi connectivity index (χ2v) is 5.74. The van der Waals surface area contributed by atoms with Gasteiger partial charge in [0.2, 0.25) is 0 Å². The molecule has 1 heterocycles. The van der Waals surface area contributed by atoms with E-state index in [1.165, 1.54) is 12.8 Å². The highest BCUT2D eigenvalue weighted by molar-refractivity contribution is 6.32. The molecular formula is C15H20ClNO2. The highest BCUT2D eigenvalue weighted by Gasteiger charge is 2.22. The molecule has 0 bridgehead atoms.